The Morgan fingerprint density at radius 2 is 1.94 bits per heavy atom. The average Bonchev–Trinajstić information content (AvgIpc) is 2.81. The van der Waals surface area contributed by atoms with E-state index in [-0.39, 0.29) is 40.9 Å². The summed E-state index contributed by atoms with van der Waals surface area (Å²) in [6.45, 7) is 3.60. The number of carboxylic acid groups (broad SMARTS) is 1. The first kappa shape index (κ1) is 29.4. The van der Waals surface area contributed by atoms with E-state index < -0.39 is 12.0 Å². The van der Waals surface area contributed by atoms with E-state index in [1.54, 1.807) is 17.8 Å². The molecule has 2 aromatic carbocycles. The van der Waals surface area contributed by atoms with Gasteiger partial charge in [-0.05, 0) is 47.8 Å². The Labute approximate surface area is 221 Å². The van der Waals surface area contributed by atoms with Gasteiger partial charge in [0, 0.05) is 43.5 Å². The molecular formula is C23H31N4NaO4S. The summed E-state index contributed by atoms with van der Waals surface area (Å²) in [7, 11) is 0. The Kier molecular flexibility index (Phi) is 13.7. The van der Waals surface area contributed by atoms with Gasteiger partial charge in [-0.2, -0.15) is 11.8 Å². The van der Waals surface area contributed by atoms with Gasteiger partial charge in [0.05, 0.1) is 0 Å². The van der Waals surface area contributed by atoms with E-state index >= 15 is 0 Å². The van der Waals surface area contributed by atoms with E-state index in [4.69, 9.17) is 0 Å². The predicted molar refractivity (Wildman–Crippen MR) is 129 cm³/mol. The van der Waals surface area contributed by atoms with Gasteiger partial charge in [0.25, 0.3) is 5.91 Å². The van der Waals surface area contributed by atoms with Crippen molar-refractivity contribution in [1.82, 2.24) is 16.0 Å². The third-order valence-corrected chi connectivity index (χ3v) is 5.89. The fourth-order valence-corrected chi connectivity index (χ4v) is 4.01. The van der Waals surface area contributed by atoms with Crippen molar-refractivity contribution in [1.29, 1.82) is 0 Å². The molecule has 1 fully saturated rings. The molecule has 3 rings (SSSR count). The normalized spacial score (nSPS) is 16.0. The summed E-state index contributed by atoms with van der Waals surface area (Å²) < 4.78 is 0. The van der Waals surface area contributed by atoms with Crippen LogP contribution in [0.2, 0.25) is 0 Å². The first-order valence-corrected chi connectivity index (χ1v) is 11.9. The smallest absolute Gasteiger partial charge is 0.870 e. The quantitative estimate of drug-likeness (QED) is 0.275. The van der Waals surface area contributed by atoms with E-state index in [1.807, 2.05) is 48.7 Å². The molecule has 0 bridgehead atoms. The van der Waals surface area contributed by atoms with Crippen molar-refractivity contribution < 1.29 is 49.7 Å². The first-order valence-electron chi connectivity index (χ1n) is 10.5. The molecule has 1 aliphatic heterocycles. The van der Waals surface area contributed by atoms with Gasteiger partial charge in [-0.1, -0.05) is 30.3 Å². The average molecular weight is 483 g/mol. The molecule has 1 amide bonds. The summed E-state index contributed by atoms with van der Waals surface area (Å²) in [5, 5.41) is 22.4. The summed E-state index contributed by atoms with van der Waals surface area (Å²) in [6.07, 6.45) is 2.30. The molecular weight excluding hydrogens is 451 g/mol. The van der Waals surface area contributed by atoms with Gasteiger partial charge >= 0.3 is 35.5 Å². The van der Waals surface area contributed by atoms with Crippen molar-refractivity contribution in [3.63, 3.8) is 0 Å². The van der Waals surface area contributed by atoms with Crippen LogP contribution in [0.25, 0.3) is 11.1 Å². The number of carbonyl (C=O) groups excluding carboxylic acids is 1. The molecule has 0 radical (unpaired) electrons. The molecule has 1 unspecified atom stereocenters. The molecule has 0 aliphatic carbocycles. The molecule has 1 aliphatic rings. The second-order valence-electron chi connectivity index (χ2n) is 7.51. The fourth-order valence-electron chi connectivity index (χ4n) is 3.54. The molecule has 10 heteroatoms. The number of rotatable bonds is 10. The van der Waals surface area contributed by atoms with Crippen LogP contribution in [0.15, 0.2) is 48.5 Å². The molecule has 0 saturated carbocycles. The van der Waals surface area contributed by atoms with Gasteiger partial charge < -0.3 is 31.8 Å². The molecule has 0 aromatic heterocycles. The molecule has 33 heavy (non-hydrogen) atoms. The van der Waals surface area contributed by atoms with Crippen LogP contribution < -0.4 is 50.8 Å². The number of anilines is 1. The molecule has 8 nitrogen and oxygen atoms in total. The Hall–Kier alpha value is -1.59. The zero-order valence-corrected chi connectivity index (χ0v) is 22.0. The number of aliphatic carboxylic acids is 1. The number of hydrogen-bond acceptors (Lipinski definition) is 7. The van der Waals surface area contributed by atoms with Crippen molar-refractivity contribution in [3.05, 3.63) is 54.1 Å². The van der Waals surface area contributed by atoms with Crippen molar-refractivity contribution in [2.75, 3.05) is 43.5 Å². The number of hydrogen-bond donors (Lipinski definition) is 5. The largest absolute Gasteiger partial charge is 1.00 e. The standard InChI is InChI=1S/C23H30N4O3S.Na.H2O/c1-31-12-9-21(23(29)30)27-22(28)19-8-7-17(26-15-18-14-24-10-11-25-18)13-20(19)16-5-3-2-4-6-16;;/h2-8,13,18,21,24-26H,9-12,14-15H2,1H3,(H,27,28)(H,29,30);;1H2/q;+1;/p-1/t18?,21-;;/m0../s1. The van der Waals surface area contributed by atoms with Crippen LogP contribution >= 0.6 is 11.8 Å². The van der Waals surface area contributed by atoms with Gasteiger partial charge in [0.2, 0.25) is 0 Å². The van der Waals surface area contributed by atoms with Gasteiger partial charge in [-0.25, -0.2) is 4.79 Å². The zero-order chi connectivity index (χ0) is 22.1. The van der Waals surface area contributed by atoms with Crippen molar-refractivity contribution in [3.8, 4) is 11.1 Å². The maximum absolute atomic E-state index is 13.0. The van der Waals surface area contributed by atoms with E-state index in [2.05, 4.69) is 21.3 Å². The molecule has 1 saturated heterocycles. The summed E-state index contributed by atoms with van der Waals surface area (Å²) in [5.74, 6) is -0.733. The molecule has 1 heterocycles. The number of benzene rings is 2. The van der Waals surface area contributed by atoms with Crippen LogP contribution in [0.4, 0.5) is 5.69 Å². The molecule has 2 aromatic rings. The predicted octanol–water partition coefficient (Wildman–Crippen LogP) is -0.910. The summed E-state index contributed by atoms with van der Waals surface area (Å²) in [6, 6.07) is 14.7. The van der Waals surface area contributed by atoms with E-state index in [9.17, 15) is 14.7 Å². The molecule has 2 atom stereocenters. The van der Waals surface area contributed by atoms with Crippen LogP contribution in [0.3, 0.4) is 0 Å². The minimum Gasteiger partial charge on any atom is -0.870 e. The van der Waals surface area contributed by atoms with Gasteiger partial charge in [-0.15, -0.1) is 0 Å². The van der Waals surface area contributed by atoms with E-state index in [0.29, 0.717) is 23.8 Å². The maximum Gasteiger partial charge on any atom is 1.00 e. The number of nitrogens with one attached hydrogen (secondary N) is 4. The SMILES string of the molecule is CSCC[C@H](NC(=O)c1ccc(NCC2CNCCN2)cc1-c1ccccc1)C(=O)O.[Na+].[OH-]. The third-order valence-electron chi connectivity index (χ3n) is 5.24. The fraction of sp³-hybridized carbons (Fsp3) is 0.391. The Morgan fingerprint density at radius 3 is 2.58 bits per heavy atom. The van der Waals surface area contributed by atoms with Crippen LogP contribution in [0, 0.1) is 0 Å². The van der Waals surface area contributed by atoms with Crippen LogP contribution in [-0.2, 0) is 4.79 Å². The Morgan fingerprint density at radius 1 is 1.18 bits per heavy atom. The molecule has 6 N–H and O–H groups in total. The van der Waals surface area contributed by atoms with Crippen LogP contribution in [0.1, 0.15) is 16.8 Å². The van der Waals surface area contributed by atoms with Gasteiger partial charge in [0.1, 0.15) is 6.04 Å². The number of amides is 1. The molecule has 0 spiro atoms. The van der Waals surface area contributed by atoms with Crippen molar-refractivity contribution in [2.45, 2.75) is 18.5 Å². The maximum atomic E-state index is 13.0. The summed E-state index contributed by atoms with van der Waals surface area (Å²) in [4.78, 5) is 24.6. The second kappa shape index (κ2) is 15.3. The van der Waals surface area contributed by atoms with Crippen LogP contribution in [0.5, 0.6) is 0 Å². The topological polar surface area (TPSA) is 132 Å². The van der Waals surface area contributed by atoms with E-state index in [0.717, 1.165) is 43.0 Å². The Bertz CT molecular complexity index is 882. The second-order valence-corrected chi connectivity index (χ2v) is 8.49. The number of thioether (sulfide) groups is 1. The van der Waals surface area contributed by atoms with Crippen molar-refractivity contribution in [2.24, 2.45) is 0 Å². The minimum atomic E-state index is -1.02. The monoisotopic (exact) mass is 482 g/mol. The third kappa shape index (κ3) is 8.94. The van der Waals surface area contributed by atoms with Crippen molar-refractivity contribution >= 4 is 29.3 Å². The zero-order valence-electron chi connectivity index (χ0n) is 19.1. The minimum absolute atomic E-state index is 0. The Balaban J connectivity index is 0.00000272. The number of carbonyl (C=O) groups is 2. The van der Waals surface area contributed by atoms with Gasteiger partial charge in [0.15, 0.2) is 0 Å². The first-order chi connectivity index (χ1) is 15.1. The molecule has 174 valence electrons. The summed E-state index contributed by atoms with van der Waals surface area (Å²) in [5.41, 5.74) is 3.06. The summed E-state index contributed by atoms with van der Waals surface area (Å²) >= 11 is 1.56. The van der Waals surface area contributed by atoms with Gasteiger partial charge in [-0.3, -0.25) is 4.79 Å². The van der Waals surface area contributed by atoms with E-state index in [1.165, 1.54) is 0 Å². The number of carboxylic acids is 1. The van der Waals surface area contributed by atoms with Crippen LogP contribution in [-0.4, -0.2) is 72.7 Å². The number of piperazine rings is 1.